The predicted octanol–water partition coefficient (Wildman–Crippen LogP) is 2.74. The van der Waals surface area contributed by atoms with Crippen LogP contribution in [0.15, 0.2) is 11.7 Å². The van der Waals surface area contributed by atoms with Gasteiger partial charge in [0, 0.05) is 6.54 Å². The van der Waals surface area contributed by atoms with Crippen molar-refractivity contribution in [3.63, 3.8) is 0 Å². The van der Waals surface area contributed by atoms with E-state index in [-0.39, 0.29) is 5.91 Å². The fourth-order valence-electron chi connectivity index (χ4n) is 2.97. The number of amides is 1. The van der Waals surface area contributed by atoms with E-state index >= 15 is 0 Å². The van der Waals surface area contributed by atoms with Gasteiger partial charge in [0.05, 0.1) is 11.9 Å². The molecule has 3 heterocycles. The first-order chi connectivity index (χ1) is 11.1. The number of nitrogens with one attached hydrogen (secondary N) is 1. The second-order valence-electron chi connectivity index (χ2n) is 5.64. The van der Waals surface area contributed by atoms with Gasteiger partial charge < -0.3 is 10.2 Å². The monoisotopic (exact) mass is 340 g/mol. The Morgan fingerprint density at radius 2 is 2.30 bits per heavy atom. The van der Waals surface area contributed by atoms with Crippen molar-refractivity contribution < 1.29 is 13.6 Å². The zero-order valence-electron chi connectivity index (χ0n) is 12.8. The largest absolute Gasteiger partial charge is 0.349 e. The van der Waals surface area contributed by atoms with E-state index in [0.717, 1.165) is 34.4 Å². The molecule has 0 unspecified atom stereocenters. The van der Waals surface area contributed by atoms with E-state index in [4.69, 9.17) is 0 Å². The number of rotatable bonds is 4. The number of aromatic nitrogens is 2. The highest BCUT2D eigenvalue weighted by Crippen LogP contribution is 2.33. The molecule has 1 saturated heterocycles. The lowest BCUT2D eigenvalue weighted by molar-refractivity contribution is -0.123. The summed E-state index contributed by atoms with van der Waals surface area (Å²) >= 11 is 1.54. The first-order valence-electron chi connectivity index (χ1n) is 7.59. The summed E-state index contributed by atoms with van der Waals surface area (Å²) in [6.07, 6.45) is 1.45. The predicted molar refractivity (Wildman–Crippen MR) is 86.2 cm³/mol. The molecule has 5 nitrogen and oxygen atoms in total. The Kier molecular flexibility index (Phi) is 4.70. The number of thiophene rings is 1. The van der Waals surface area contributed by atoms with E-state index in [1.807, 2.05) is 17.2 Å². The molecule has 1 fully saturated rings. The molecule has 1 atom stereocenters. The van der Waals surface area contributed by atoms with Crippen LogP contribution in [0, 0.1) is 6.92 Å². The molecular weight excluding hydrogens is 322 g/mol. The molecule has 1 amide bonds. The maximum absolute atomic E-state index is 12.4. The molecule has 1 N–H and O–H groups in total. The Labute approximate surface area is 136 Å². The van der Waals surface area contributed by atoms with Crippen molar-refractivity contribution in [2.75, 3.05) is 18.0 Å². The van der Waals surface area contributed by atoms with Gasteiger partial charge in [0.2, 0.25) is 5.91 Å². The molecule has 0 spiro atoms. The van der Waals surface area contributed by atoms with E-state index in [9.17, 15) is 13.6 Å². The topological polar surface area (TPSA) is 58.1 Å². The van der Waals surface area contributed by atoms with Gasteiger partial charge in [-0.25, -0.2) is 18.7 Å². The van der Waals surface area contributed by atoms with Crippen LogP contribution in [0.3, 0.4) is 0 Å². The quantitative estimate of drug-likeness (QED) is 0.930. The van der Waals surface area contributed by atoms with Crippen LogP contribution in [-0.2, 0) is 4.79 Å². The average Bonchev–Trinajstić information content (AvgIpc) is 2.94. The molecule has 0 radical (unpaired) electrons. The number of hydrogen-bond donors (Lipinski definition) is 1. The van der Waals surface area contributed by atoms with Gasteiger partial charge in [0.15, 0.2) is 0 Å². The third kappa shape index (κ3) is 3.26. The summed E-state index contributed by atoms with van der Waals surface area (Å²) in [7, 11) is 0. The molecule has 2 aromatic heterocycles. The molecule has 8 heteroatoms. The van der Waals surface area contributed by atoms with Crippen molar-refractivity contribution in [2.45, 2.75) is 38.7 Å². The molecule has 0 bridgehead atoms. The third-order valence-electron chi connectivity index (χ3n) is 4.04. The second-order valence-corrected chi connectivity index (χ2v) is 6.50. The number of aryl methyl sites for hydroxylation is 1. The van der Waals surface area contributed by atoms with Crippen LogP contribution in [0.5, 0.6) is 0 Å². The van der Waals surface area contributed by atoms with Gasteiger partial charge in [-0.3, -0.25) is 4.79 Å². The van der Waals surface area contributed by atoms with Crippen molar-refractivity contribution in [1.29, 1.82) is 0 Å². The first-order valence-corrected chi connectivity index (χ1v) is 8.47. The SMILES string of the molecule is Cc1csc2ncnc(N3CCCC[C@H]3C(=O)NCC(F)F)c12. The molecule has 3 rings (SSSR count). The number of halogens is 2. The highest BCUT2D eigenvalue weighted by Gasteiger charge is 2.31. The van der Waals surface area contributed by atoms with E-state index in [0.29, 0.717) is 13.0 Å². The Balaban J connectivity index is 1.91. The van der Waals surface area contributed by atoms with E-state index in [1.165, 1.54) is 17.7 Å². The van der Waals surface area contributed by atoms with Gasteiger partial charge >= 0.3 is 0 Å². The second kappa shape index (κ2) is 6.74. The van der Waals surface area contributed by atoms with Crippen LogP contribution in [-0.4, -0.2) is 41.4 Å². The Bertz CT molecular complexity index is 706. The minimum atomic E-state index is -2.54. The zero-order valence-corrected chi connectivity index (χ0v) is 13.6. The van der Waals surface area contributed by atoms with Crippen molar-refractivity contribution >= 4 is 33.3 Å². The van der Waals surface area contributed by atoms with Crippen LogP contribution in [0.25, 0.3) is 10.2 Å². The summed E-state index contributed by atoms with van der Waals surface area (Å²) in [6, 6.07) is -0.458. The standard InChI is InChI=1S/C15H18F2N4OS/c1-9-7-23-15-12(9)13(19-8-20-15)21-5-3-2-4-10(21)14(22)18-6-11(16)17/h7-8,10-11H,2-6H2,1H3,(H,18,22)/t10-/m0/s1. The molecule has 0 saturated carbocycles. The third-order valence-corrected chi connectivity index (χ3v) is 5.05. The fraction of sp³-hybridized carbons (Fsp3) is 0.533. The summed E-state index contributed by atoms with van der Waals surface area (Å²) in [5, 5.41) is 5.30. The minimum Gasteiger partial charge on any atom is -0.349 e. The average molecular weight is 340 g/mol. The number of nitrogens with zero attached hydrogens (tertiary/aromatic N) is 3. The molecule has 0 aromatic carbocycles. The molecular formula is C15H18F2N4OS. The Morgan fingerprint density at radius 1 is 1.48 bits per heavy atom. The smallest absolute Gasteiger partial charge is 0.255 e. The van der Waals surface area contributed by atoms with Crippen LogP contribution in [0.4, 0.5) is 14.6 Å². The fourth-order valence-corrected chi connectivity index (χ4v) is 3.85. The van der Waals surface area contributed by atoms with Gasteiger partial charge in [-0.05, 0) is 37.1 Å². The van der Waals surface area contributed by atoms with Crippen LogP contribution in [0.2, 0.25) is 0 Å². The van der Waals surface area contributed by atoms with Gasteiger partial charge in [0.1, 0.15) is 23.0 Å². The Morgan fingerprint density at radius 3 is 3.09 bits per heavy atom. The zero-order chi connectivity index (χ0) is 16.4. The van der Waals surface area contributed by atoms with Crippen LogP contribution in [0.1, 0.15) is 24.8 Å². The molecule has 124 valence electrons. The van der Waals surface area contributed by atoms with E-state index in [2.05, 4.69) is 15.3 Å². The molecule has 1 aliphatic rings. The van der Waals surface area contributed by atoms with Crippen molar-refractivity contribution in [3.05, 3.63) is 17.3 Å². The lowest BCUT2D eigenvalue weighted by Crippen LogP contribution is -2.50. The lowest BCUT2D eigenvalue weighted by atomic mass is 10.0. The van der Waals surface area contributed by atoms with Crippen LogP contribution >= 0.6 is 11.3 Å². The number of hydrogen-bond acceptors (Lipinski definition) is 5. The van der Waals surface area contributed by atoms with Gasteiger partial charge in [-0.15, -0.1) is 11.3 Å². The number of anilines is 1. The number of carbonyl (C=O) groups excluding carboxylic acids is 1. The molecule has 0 aliphatic carbocycles. The minimum absolute atomic E-state index is 0.357. The summed E-state index contributed by atoms with van der Waals surface area (Å²) < 4.78 is 24.7. The summed E-state index contributed by atoms with van der Waals surface area (Å²) in [4.78, 5) is 23.8. The maximum Gasteiger partial charge on any atom is 0.255 e. The highest BCUT2D eigenvalue weighted by molar-refractivity contribution is 7.17. The molecule has 2 aromatic rings. The summed E-state index contributed by atoms with van der Waals surface area (Å²) in [5.41, 5.74) is 1.07. The first kappa shape index (κ1) is 16.0. The van der Waals surface area contributed by atoms with E-state index in [1.54, 1.807) is 0 Å². The van der Waals surface area contributed by atoms with E-state index < -0.39 is 19.0 Å². The van der Waals surface area contributed by atoms with Gasteiger partial charge in [-0.2, -0.15) is 0 Å². The lowest BCUT2D eigenvalue weighted by Gasteiger charge is -2.36. The Hall–Kier alpha value is -1.83. The number of alkyl halides is 2. The number of fused-ring (bicyclic) bond motifs is 1. The molecule has 23 heavy (non-hydrogen) atoms. The van der Waals surface area contributed by atoms with Gasteiger partial charge in [-0.1, -0.05) is 0 Å². The summed E-state index contributed by atoms with van der Waals surface area (Å²) in [6.45, 7) is 2.06. The van der Waals surface area contributed by atoms with Crippen LogP contribution < -0.4 is 10.2 Å². The maximum atomic E-state index is 12.4. The molecule has 1 aliphatic heterocycles. The normalized spacial score (nSPS) is 18.6. The van der Waals surface area contributed by atoms with Crippen molar-refractivity contribution in [2.24, 2.45) is 0 Å². The summed E-state index contributed by atoms with van der Waals surface area (Å²) in [5.74, 6) is 0.371. The van der Waals surface area contributed by atoms with Crippen molar-refractivity contribution in [1.82, 2.24) is 15.3 Å². The van der Waals surface area contributed by atoms with Gasteiger partial charge in [0.25, 0.3) is 6.43 Å². The number of piperidine rings is 1. The highest BCUT2D eigenvalue weighted by atomic mass is 32.1. The van der Waals surface area contributed by atoms with Crippen molar-refractivity contribution in [3.8, 4) is 0 Å². The number of carbonyl (C=O) groups is 1.